The maximum atomic E-state index is 14.6. The highest BCUT2D eigenvalue weighted by molar-refractivity contribution is 6.09. The lowest BCUT2D eigenvalue weighted by molar-refractivity contribution is -0.134. The smallest absolute Gasteiger partial charge is 0.256 e. The van der Waals surface area contributed by atoms with Gasteiger partial charge in [-0.05, 0) is 36.6 Å². The second-order valence-electron chi connectivity index (χ2n) is 9.56. The normalized spacial score (nSPS) is 17.0. The number of rotatable bonds is 7. The predicted molar refractivity (Wildman–Crippen MR) is 136 cm³/mol. The van der Waals surface area contributed by atoms with Gasteiger partial charge in [0.05, 0.1) is 18.2 Å². The van der Waals surface area contributed by atoms with E-state index in [1.54, 1.807) is 29.2 Å². The summed E-state index contributed by atoms with van der Waals surface area (Å²) in [6, 6.07) is 10.7. The van der Waals surface area contributed by atoms with Crippen LogP contribution in [0.25, 0.3) is 0 Å². The number of nitrogens with two attached hydrogens (primary N) is 1. The molecule has 196 valence electrons. The van der Waals surface area contributed by atoms with Crippen molar-refractivity contribution in [1.29, 1.82) is 5.41 Å². The summed E-state index contributed by atoms with van der Waals surface area (Å²) in [4.78, 5) is 42.8. The minimum Gasteiger partial charge on any atom is -0.393 e. The highest BCUT2D eigenvalue weighted by Crippen LogP contribution is 2.18. The number of nitrogens with one attached hydrogen (secondary N) is 1. The third kappa shape index (κ3) is 6.39. The predicted octanol–water partition coefficient (Wildman–Crippen LogP) is 1.28. The van der Waals surface area contributed by atoms with Gasteiger partial charge >= 0.3 is 0 Å². The average molecular weight is 510 g/mol. The van der Waals surface area contributed by atoms with E-state index in [9.17, 15) is 23.9 Å². The molecule has 0 spiro atoms. The van der Waals surface area contributed by atoms with E-state index in [1.807, 2.05) is 4.90 Å². The van der Waals surface area contributed by atoms with Crippen molar-refractivity contribution >= 4 is 23.4 Å². The van der Waals surface area contributed by atoms with Crippen LogP contribution in [-0.2, 0) is 11.2 Å². The van der Waals surface area contributed by atoms with Crippen LogP contribution in [0.5, 0.6) is 0 Å². The molecule has 2 aliphatic heterocycles. The highest BCUT2D eigenvalue weighted by atomic mass is 19.1. The van der Waals surface area contributed by atoms with E-state index >= 15 is 0 Å². The lowest BCUT2D eigenvalue weighted by Crippen LogP contribution is -2.53. The van der Waals surface area contributed by atoms with E-state index in [4.69, 9.17) is 11.1 Å². The summed E-state index contributed by atoms with van der Waals surface area (Å²) in [5, 5.41) is 18.1. The van der Waals surface area contributed by atoms with Gasteiger partial charge in [0.25, 0.3) is 5.91 Å². The summed E-state index contributed by atoms with van der Waals surface area (Å²) in [7, 11) is 0. The van der Waals surface area contributed by atoms with Crippen LogP contribution in [0.2, 0.25) is 0 Å². The Morgan fingerprint density at radius 1 is 0.919 bits per heavy atom. The second-order valence-corrected chi connectivity index (χ2v) is 9.56. The van der Waals surface area contributed by atoms with Crippen LogP contribution in [0, 0.1) is 11.2 Å². The molecule has 0 aliphatic carbocycles. The Labute approximate surface area is 215 Å². The standard InChI is InChI=1S/C27H32FN5O4/c28-23-6-5-18(16-24(29)20-3-1-2-4-21(20)26(30)36)15-22(23)27(37)33-13-11-32(12-14-33)25(35)17-31-9-7-19(34)8-10-31/h1-6,15,19,29,34H,7-14,16-17H2,(H2,30,36). The number of hydrogen-bond donors (Lipinski definition) is 3. The number of primary amides is 1. The first-order valence-electron chi connectivity index (χ1n) is 12.5. The molecule has 2 aromatic rings. The number of nitrogens with zero attached hydrogens (tertiary/aromatic N) is 3. The van der Waals surface area contributed by atoms with Crippen LogP contribution < -0.4 is 5.73 Å². The molecule has 37 heavy (non-hydrogen) atoms. The third-order valence-electron chi connectivity index (χ3n) is 7.00. The third-order valence-corrected chi connectivity index (χ3v) is 7.00. The zero-order valence-electron chi connectivity index (χ0n) is 20.7. The van der Waals surface area contributed by atoms with Crippen LogP contribution >= 0.6 is 0 Å². The van der Waals surface area contributed by atoms with Gasteiger partial charge in [-0.2, -0.15) is 0 Å². The molecule has 10 heteroatoms. The van der Waals surface area contributed by atoms with Gasteiger partial charge in [0.2, 0.25) is 11.8 Å². The number of halogens is 1. The number of amides is 3. The van der Waals surface area contributed by atoms with E-state index in [1.165, 1.54) is 23.1 Å². The van der Waals surface area contributed by atoms with Gasteiger partial charge in [-0.3, -0.25) is 19.3 Å². The van der Waals surface area contributed by atoms with Gasteiger partial charge in [0.15, 0.2) is 0 Å². The van der Waals surface area contributed by atoms with Crippen LogP contribution in [0.1, 0.15) is 44.7 Å². The van der Waals surface area contributed by atoms with Crippen molar-refractivity contribution in [2.45, 2.75) is 25.4 Å². The summed E-state index contributed by atoms with van der Waals surface area (Å²) in [5.41, 5.74) is 6.67. The van der Waals surface area contributed by atoms with Crippen molar-refractivity contribution in [2.24, 2.45) is 5.73 Å². The van der Waals surface area contributed by atoms with Gasteiger partial charge in [-0.1, -0.05) is 24.3 Å². The summed E-state index contributed by atoms with van der Waals surface area (Å²) in [6.45, 7) is 3.01. The Kier molecular flexibility index (Phi) is 8.30. The van der Waals surface area contributed by atoms with E-state index in [0.717, 1.165) is 0 Å². The summed E-state index contributed by atoms with van der Waals surface area (Å²) < 4.78 is 14.6. The second kappa shape index (κ2) is 11.6. The lowest BCUT2D eigenvalue weighted by Gasteiger charge is -2.36. The largest absolute Gasteiger partial charge is 0.393 e. The fraction of sp³-hybridized carbons (Fsp3) is 0.407. The van der Waals surface area contributed by atoms with Crippen molar-refractivity contribution in [3.05, 3.63) is 70.5 Å². The zero-order chi connectivity index (χ0) is 26.5. The Bertz CT molecular complexity index is 1190. The van der Waals surface area contributed by atoms with Crippen molar-refractivity contribution in [2.75, 3.05) is 45.8 Å². The molecule has 0 atom stereocenters. The minimum absolute atomic E-state index is 0.00794. The monoisotopic (exact) mass is 509 g/mol. The molecule has 0 aromatic heterocycles. The van der Waals surface area contributed by atoms with Crippen LogP contribution in [0.15, 0.2) is 42.5 Å². The Morgan fingerprint density at radius 2 is 1.54 bits per heavy atom. The summed E-state index contributed by atoms with van der Waals surface area (Å²) in [6.07, 6.45) is 1.13. The Hall–Kier alpha value is -3.63. The maximum absolute atomic E-state index is 14.6. The van der Waals surface area contributed by atoms with Gasteiger partial charge in [0.1, 0.15) is 5.82 Å². The molecule has 9 nitrogen and oxygen atoms in total. The topological polar surface area (TPSA) is 131 Å². The molecule has 0 bridgehead atoms. The molecule has 2 heterocycles. The van der Waals surface area contributed by atoms with Crippen molar-refractivity contribution in [3.63, 3.8) is 0 Å². The van der Waals surface area contributed by atoms with Crippen LogP contribution in [0.3, 0.4) is 0 Å². The maximum Gasteiger partial charge on any atom is 0.256 e. The number of benzene rings is 2. The molecule has 2 aliphatic rings. The average Bonchev–Trinajstić information content (AvgIpc) is 2.90. The molecular formula is C27H32FN5O4. The van der Waals surface area contributed by atoms with E-state index in [0.29, 0.717) is 69.8 Å². The number of aliphatic hydroxyl groups excluding tert-OH is 1. The first-order chi connectivity index (χ1) is 17.7. The minimum atomic E-state index is -0.649. The molecule has 0 saturated carbocycles. The van der Waals surface area contributed by atoms with Crippen LogP contribution in [-0.4, -0.2) is 95.2 Å². The van der Waals surface area contributed by atoms with Crippen molar-refractivity contribution in [1.82, 2.24) is 14.7 Å². The van der Waals surface area contributed by atoms with E-state index < -0.39 is 17.6 Å². The quantitative estimate of drug-likeness (QED) is 0.484. The summed E-state index contributed by atoms with van der Waals surface area (Å²) in [5.74, 6) is -1.75. The SMILES string of the molecule is N=C(Cc1ccc(F)c(C(=O)N2CCN(C(=O)CN3CCC(O)CC3)CC2)c1)c1ccccc1C(N)=O. The Balaban J connectivity index is 1.36. The number of piperidine rings is 1. The number of piperazine rings is 1. The molecular weight excluding hydrogens is 477 g/mol. The van der Waals surface area contributed by atoms with Gasteiger partial charge in [0, 0.05) is 62.5 Å². The number of carbonyl (C=O) groups is 3. The molecule has 3 amide bonds. The van der Waals surface area contributed by atoms with Crippen LogP contribution in [0.4, 0.5) is 4.39 Å². The molecule has 4 N–H and O–H groups in total. The molecule has 0 unspecified atom stereocenters. The van der Waals surface area contributed by atoms with E-state index in [-0.39, 0.29) is 35.3 Å². The number of aliphatic hydroxyl groups is 1. The number of likely N-dealkylation sites (tertiary alicyclic amines) is 1. The van der Waals surface area contributed by atoms with Crippen molar-refractivity contribution in [3.8, 4) is 0 Å². The highest BCUT2D eigenvalue weighted by Gasteiger charge is 2.28. The Morgan fingerprint density at radius 3 is 2.19 bits per heavy atom. The molecule has 2 aromatic carbocycles. The summed E-state index contributed by atoms with van der Waals surface area (Å²) >= 11 is 0. The number of hydrogen-bond acceptors (Lipinski definition) is 6. The lowest BCUT2D eigenvalue weighted by atomic mass is 9.96. The fourth-order valence-corrected chi connectivity index (χ4v) is 4.80. The molecule has 0 radical (unpaired) electrons. The van der Waals surface area contributed by atoms with Gasteiger partial charge in [-0.15, -0.1) is 0 Å². The fourth-order valence-electron chi connectivity index (χ4n) is 4.80. The zero-order valence-corrected chi connectivity index (χ0v) is 20.7. The molecule has 4 rings (SSSR count). The molecule has 2 fully saturated rings. The number of carbonyl (C=O) groups excluding carboxylic acids is 3. The first-order valence-corrected chi connectivity index (χ1v) is 12.5. The van der Waals surface area contributed by atoms with Gasteiger partial charge in [-0.25, -0.2) is 4.39 Å². The molecule has 2 saturated heterocycles. The first kappa shape index (κ1) is 26.4. The van der Waals surface area contributed by atoms with Gasteiger partial charge < -0.3 is 26.0 Å². The van der Waals surface area contributed by atoms with E-state index in [2.05, 4.69) is 0 Å². The van der Waals surface area contributed by atoms with Crippen molar-refractivity contribution < 1.29 is 23.9 Å².